The van der Waals surface area contributed by atoms with Crippen molar-refractivity contribution < 1.29 is 27.6 Å². The lowest BCUT2D eigenvalue weighted by Gasteiger charge is -2.30. The van der Waals surface area contributed by atoms with Gasteiger partial charge in [-0.15, -0.1) is 0 Å². The fraction of sp³-hybridized carbons (Fsp3) is 0.280. The van der Waals surface area contributed by atoms with Crippen LogP contribution in [-0.2, 0) is 11.3 Å². The molecule has 0 bridgehead atoms. The highest BCUT2D eigenvalue weighted by molar-refractivity contribution is 6.12. The van der Waals surface area contributed by atoms with E-state index in [1.165, 1.54) is 12.1 Å². The molecule has 1 aliphatic rings. The van der Waals surface area contributed by atoms with Gasteiger partial charge < -0.3 is 28.6 Å². The number of carbonyl (C=O) groups is 1. The largest absolute Gasteiger partial charge is 0.485 e. The highest BCUT2D eigenvalue weighted by atomic mass is 19.1. The number of halogens is 1. The van der Waals surface area contributed by atoms with Gasteiger partial charge in [0, 0.05) is 43.2 Å². The summed E-state index contributed by atoms with van der Waals surface area (Å²) in [6.07, 6.45) is 0. The zero-order valence-corrected chi connectivity index (χ0v) is 18.9. The summed E-state index contributed by atoms with van der Waals surface area (Å²) < 4.78 is 36.5. The molecule has 0 spiro atoms. The van der Waals surface area contributed by atoms with Crippen molar-refractivity contribution in [3.05, 3.63) is 65.3 Å². The summed E-state index contributed by atoms with van der Waals surface area (Å²) in [6.45, 7) is 4.61. The van der Waals surface area contributed by atoms with Gasteiger partial charge in [-0.25, -0.2) is 4.39 Å². The molecule has 34 heavy (non-hydrogen) atoms. The third kappa shape index (κ3) is 4.22. The van der Waals surface area contributed by atoms with Crippen LogP contribution in [0.25, 0.3) is 22.3 Å². The molecule has 0 aliphatic carbocycles. The zero-order chi connectivity index (χ0) is 23.7. The zero-order valence-electron chi connectivity index (χ0n) is 18.9. The van der Waals surface area contributed by atoms with Crippen LogP contribution < -0.4 is 15.0 Å². The van der Waals surface area contributed by atoms with Gasteiger partial charge in [0.1, 0.15) is 41.0 Å². The average molecular weight is 465 g/mol. The van der Waals surface area contributed by atoms with E-state index in [0.29, 0.717) is 71.4 Å². The van der Waals surface area contributed by atoms with Gasteiger partial charge in [-0.3, -0.25) is 4.79 Å². The molecule has 1 amide bonds. The number of furan rings is 1. The molecule has 176 valence electrons. The lowest BCUT2D eigenvalue weighted by atomic mass is 10.0. The summed E-state index contributed by atoms with van der Waals surface area (Å²) in [5.41, 5.74) is 2.99. The Morgan fingerprint density at radius 3 is 2.62 bits per heavy atom. The van der Waals surface area contributed by atoms with Crippen LogP contribution in [0.15, 0.2) is 51.4 Å². The van der Waals surface area contributed by atoms with Crippen LogP contribution in [0.4, 0.5) is 10.1 Å². The Hall–Kier alpha value is -3.85. The molecular formula is C25H24FN3O5. The number of fused-ring (bicyclic) bond motifs is 1. The molecule has 9 heteroatoms. The van der Waals surface area contributed by atoms with Gasteiger partial charge in [0.2, 0.25) is 0 Å². The number of anilines is 1. The molecule has 8 nitrogen and oxygen atoms in total. The van der Waals surface area contributed by atoms with Crippen LogP contribution in [0.2, 0.25) is 0 Å². The van der Waals surface area contributed by atoms with E-state index in [2.05, 4.69) is 15.4 Å². The van der Waals surface area contributed by atoms with E-state index in [1.54, 1.807) is 19.2 Å². The molecule has 1 N–H and O–H groups in total. The number of nitrogens with one attached hydrogen (secondary N) is 1. The number of amides is 1. The van der Waals surface area contributed by atoms with E-state index in [0.717, 1.165) is 5.69 Å². The smallest absolute Gasteiger partial charge is 0.255 e. The number of hydrogen-bond acceptors (Lipinski definition) is 7. The van der Waals surface area contributed by atoms with Crippen LogP contribution in [0.1, 0.15) is 21.8 Å². The average Bonchev–Trinajstić information content (AvgIpc) is 3.45. The third-order valence-corrected chi connectivity index (χ3v) is 5.73. The second-order valence-electron chi connectivity index (χ2n) is 8.03. The Balaban J connectivity index is 1.64. The minimum atomic E-state index is -0.366. The van der Waals surface area contributed by atoms with Crippen molar-refractivity contribution in [3.63, 3.8) is 0 Å². The molecule has 2 aromatic carbocycles. The number of ether oxygens (including phenoxy) is 2. The van der Waals surface area contributed by atoms with Gasteiger partial charge in [0.25, 0.3) is 5.91 Å². The molecule has 2 aromatic heterocycles. The molecule has 0 atom stereocenters. The number of hydrogen-bond donors (Lipinski definition) is 1. The fourth-order valence-corrected chi connectivity index (χ4v) is 4.07. The summed E-state index contributed by atoms with van der Waals surface area (Å²) in [5.74, 6) is 0.978. The SMILES string of the molecule is CNC(=O)c1c(-c2ccc(F)cc2)oc2cc(N3CCOCC3)c(OCc3cc(C)on3)cc12. The second kappa shape index (κ2) is 9.18. The van der Waals surface area contributed by atoms with Gasteiger partial charge in [-0.2, -0.15) is 0 Å². The molecule has 4 aromatic rings. The Kier molecular flexibility index (Phi) is 5.93. The van der Waals surface area contributed by atoms with Crippen LogP contribution in [0, 0.1) is 12.7 Å². The molecule has 1 saturated heterocycles. The molecule has 1 fully saturated rings. The van der Waals surface area contributed by atoms with Crippen LogP contribution >= 0.6 is 0 Å². The Morgan fingerprint density at radius 1 is 1.18 bits per heavy atom. The summed E-state index contributed by atoms with van der Waals surface area (Å²) in [7, 11) is 1.56. The second-order valence-corrected chi connectivity index (χ2v) is 8.03. The molecule has 3 heterocycles. The number of nitrogens with zero attached hydrogens (tertiary/aromatic N) is 2. The lowest BCUT2D eigenvalue weighted by molar-refractivity contribution is 0.0964. The molecule has 0 radical (unpaired) electrons. The minimum Gasteiger partial charge on any atom is -0.485 e. The number of aryl methyl sites for hydroxylation is 1. The minimum absolute atomic E-state index is 0.207. The van der Waals surface area contributed by atoms with Crippen molar-refractivity contribution in [2.45, 2.75) is 13.5 Å². The van der Waals surface area contributed by atoms with E-state index in [-0.39, 0.29) is 18.3 Å². The predicted molar refractivity (Wildman–Crippen MR) is 124 cm³/mol. The van der Waals surface area contributed by atoms with Gasteiger partial charge in [0.05, 0.1) is 24.5 Å². The standard InChI is InChI=1S/C25H24FN3O5/c1-15-11-18(28-34-15)14-32-22-12-19-21(13-20(22)29-7-9-31-10-8-29)33-24(23(19)25(30)27-2)16-3-5-17(26)6-4-16/h3-6,11-13H,7-10,14H2,1-2H3,(H,27,30). The summed E-state index contributed by atoms with van der Waals surface area (Å²) in [4.78, 5) is 15.1. The van der Waals surface area contributed by atoms with Crippen molar-refractivity contribution in [2.75, 3.05) is 38.3 Å². The van der Waals surface area contributed by atoms with Gasteiger partial charge in [0.15, 0.2) is 0 Å². The Bertz CT molecular complexity index is 1320. The highest BCUT2D eigenvalue weighted by Gasteiger charge is 2.25. The van der Waals surface area contributed by atoms with Crippen molar-refractivity contribution in [2.24, 2.45) is 0 Å². The molecule has 0 unspecified atom stereocenters. The monoisotopic (exact) mass is 465 g/mol. The first kappa shape index (κ1) is 22.0. The Labute approximate surface area is 195 Å². The molecule has 5 rings (SSSR count). The first-order chi connectivity index (χ1) is 16.5. The van der Waals surface area contributed by atoms with Crippen molar-refractivity contribution >= 4 is 22.6 Å². The maximum absolute atomic E-state index is 13.5. The number of aromatic nitrogens is 1. The van der Waals surface area contributed by atoms with Gasteiger partial charge >= 0.3 is 0 Å². The molecule has 1 aliphatic heterocycles. The normalized spacial score (nSPS) is 13.9. The van der Waals surface area contributed by atoms with E-state index in [4.69, 9.17) is 18.4 Å². The van der Waals surface area contributed by atoms with Crippen LogP contribution in [-0.4, -0.2) is 44.4 Å². The summed E-state index contributed by atoms with van der Waals surface area (Å²) >= 11 is 0. The predicted octanol–water partition coefficient (Wildman–Crippen LogP) is 4.31. The van der Waals surface area contributed by atoms with Crippen LogP contribution in [0.3, 0.4) is 0 Å². The van der Waals surface area contributed by atoms with Gasteiger partial charge in [-0.1, -0.05) is 5.16 Å². The first-order valence-electron chi connectivity index (χ1n) is 11.0. The topological polar surface area (TPSA) is 90.0 Å². The summed E-state index contributed by atoms with van der Waals surface area (Å²) in [6, 6.07) is 11.4. The van der Waals surface area contributed by atoms with E-state index < -0.39 is 0 Å². The van der Waals surface area contributed by atoms with Crippen molar-refractivity contribution in [1.82, 2.24) is 10.5 Å². The van der Waals surface area contributed by atoms with Gasteiger partial charge in [-0.05, 0) is 37.3 Å². The van der Waals surface area contributed by atoms with Crippen LogP contribution in [0.5, 0.6) is 5.75 Å². The summed E-state index contributed by atoms with van der Waals surface area (Å²) in [5, 5.41) is 7.27. The Morgan fingerprint density at radius 2 is 1.94 bits per heavy atom. The van der Waals surface area contributed by atoms with E-state index >= 15 is 0 Å². The van der Waals surface area contributed by atoms with Crippen molar-refractivity contribution in [3.8, 4) is 17.1 Å². The number of carbonyl (C=O) groups excluding carboxylic acids is 1. The maximum atomic E-state index is 13.5. The fourth-order valence-electron chi connectivity index (χ4n) is 4.07. The lowest BCUT2D eigenvalue weighted by Crippen LogP contribution is -2.36. The molecular weight excluding hydrogens is 441 g/mol. The molecule has 0 saturated carbocycles. The van der Waals surface area contributed by atoms with E-state index in [1.807, 2.05) is 25.1 Å². The quantitative estimate of drug-likeness (QED) is 0.454. The maximum Gasteiger partial charge on any atom is 0.255 e. The number of benzene rings is 2. The first-order valence-corrected chi connectivity index (χ1v) is 11.0. The number of morpholine rings is 1. The number of rotatable bonds is 6. The van der Waals surface area contributed by atoms with Crippen molar-refractivity contribution in [1.29, 1.82) is 0 Å². The van der Waals surface area contributed by atoms with E-state index in [9.17, 15) is 9.18 Å². The third-order valence-electron chi connectivity index (χ3n) is 5.73. The highest BCUT2D eigenvalue weighted by Crippen LogP contribution is 2.41.